The number of rotatable bonds is 17. The molecule has 0 radical (unpaired) electrons. The summed E-state index contributed by atoms with van der Waals surface area (Å²) in [6, 6.07) is 70.3. The zero-order valence-corrected chi connectivity index (χ0v) is 53.3. The maximum Gasteiger partial charge on any atom is 0.488 e. The third-order valence-corrected chi connectivity index (χ3v) is 13.5. The highest BCUT2D eigenvalue weighted by molar-refractivity contribution is 9.10. The molecule has 12 rings (SSSR count). The average molecular weight is 1350 g/mol. The lowest BCUT2D eigenvalue weighted by Gasteiger charge is -2.09. The topological polar surface area (TPSA) is 305 Å². The van der Waals surface area contributed by atoms with E-state index in [-0.39, 0.29) is 19.6 Å². The highest BCUT2D eigenvalue weighted by Crippen LogP contribution is 2.32. The van der Waals surface area contributed by atoms with Crippen LogP contribution >= 0.6 is 15.9 Å². The molecular formula is C72H66BBrN5O16+. The number of nitrogens with one attached hydrogen (secondary N) is 3. The molecule has 0 fully saturated rings. The van der Waals surface area contributed by atoms with Gasteiger partial charge in [0.1, 0.15) is 53.6 Å². The Hall–Kier alpha value is -11.7. The number of carboxylic acids is 1. The van der Waals surface area contributed by atoms with Gasteiger partial charge in [0.25, 0.3) is 12.5 Å². The molecule has 2 aromatic heterocycles. The summed E-state index contributed by atoms with van der Waals surface area (Å²) in [4.78, 5) is 65.2. The number of halogens is 1. The Morgan fingerprint density at radius 3 is 1.53 bits per heavy atom. The summed E-state index contributed by atoms with van der Waals surface area (Å²) < 4.78 is 27.5. The number of carbonyl (C=O) groups is 4. The van der Waals surface area contributed by atoms with Crippen LogP contribution in [-0.2, 0) is 35.1 Å². The summed E-state index contributed by atoms with van der Waals surface area (Å²) in [5.41, 5.74) is 9.79. The maximum absolute atomic E-state index is 12.0. The summed E-state index contributed by atoms with van der Waals surface area (Å²) in [6.45, 7) is 5.85. The number of hydrogen-bond acceptors (Lipinski definition) is 16. The second-order valence-electron chi connectivity index (χ2n) is 19.8. The number of esters is 2. The molecule has 1 aliphatic rings. The van der Waals surface area contributed by atoms with Crippen LogP contribution in [0.1, 0.15) is 31.9 Å². The second-order valence-corrected chi connectivity index (χ2v) is 20.7. The number of carbonyl (C=O) groups excluding carboxylic acids is 3. The number of carboxylic acid groups (broad SMARTS) is 1. The number of nitro groups is 2. The van der Waals surface area contributed by atoms with Gasteiger partial charge in [-0.1, -0.05) is 103 Å². The minimum absolute atomic E-state index is 0.0425. The van der Waals surface area contributed by atoms with Crippen LogP contribution in [0.15, 0.2) is 241 Å². The molecule has 0 amide bonds. The number of hydrogen-bond donors (Lipinski definition) is 6. The van der Waals surface area contributed by atoms with Gasteiger partial charge in [0.15, 0.2) is 11.3 Å². The van der Waals surface area contributed by atoms with Crippen LogP contribution in [0.4, 0.5) is 5.69 Å². The SMILES string of the molecule is Brc1ccc2c(c1)C=[C+]N2.C=O.CC(=O)O.CCOC(=O)C(Cc1c[nH]c2ccc(-c3ccc(Oc4ccccc4)cc3)cc12)[N+](=O)[O-].CCOC(=O)C[N+](=O)[O-].OB(O)c1ccc(Oc2ccccc2)cc1.c1ccc(Oc2ccc(-c3ccc4[nH]ccc4c3)cc2)cc1. The van der Waals surface area contributed by atoms with Crippen molar-refractivity contribution in [3.8, 4) is 56.8 Å². The van der Waals surface area contributed by atoms with E-state index in [0.29, 0.717) is 16.8 Å². The third-order valence-electron chi connectivity index (χ3n) is 13.0. The lowest BCUT2D eigenvalue weighted by Crippen LogP contribution is -2.33. The van der Waals surface area contributed by atoms with Crippen LogP contribution < -0.4 is 25.0 Å². The smallest absolute Gasteiger partial charge is 0.481 e. The molecule has 484 valence electrons. The molecule has 1 aliphatic heterocycles. The minimum Gasteiger partial charge on any atom is -0.481 e. The number of ether oxygens (including phenoxy) is 5. The Bertz CT molecular complexity index is 4230. The summed E-state index contributed by atoms with van der Waals surface area (Å²) in [5.74, 6) is 2.16. The van der Waals surface area contributed by atoms with Crippen molar-refractivity contribution in [3.63, 3.8) is 0 Å². The minimum atomic E-state index is -1.44. The largest absolute Gasteiger partial charge is 0.488 e. The van der Waals surface area contributed by atoms with E-state index in [1.54, 1.807) is 44.3 Å². The van der Waals surface area contributed by atoms with Crippen molar-refractivity contribution in [2.75, 3.05) is 25.1 Å². The highest BCUT2D eigenvalue weighted by Gasteiger charge is 2.32. The van der Waals surface area contributed by atoms with Gasteiger partial charge in [-0.3, -0.25) is 25.0 Å². The van der Waals surface area contributed by atoms with Gasteiger partial charge >= 0.3 is 25.1 Å². The Morgan fingerprint density at radius 1 is 0.589 bits per heavy atom. The molecule has 3 heterocycles. The lowest BCUT2D eigenvalue weighted by molar-refractivity contribution is -0.510. The first-order valence-electron chi connectivity index (χ1n) is 29.2. The fraction of sp³-hybridized carbons (Fsp3) is 0.111. The monoisotopic (exact) mass is 1350 g/mol. The highest BCUT2D eigenvalue weighted by atomic mass is 79.9. The van der Waals surface area contributed by atoms with E-state index in [4.69, 9.17) is 43.7 Å². The second kappa shape index (κ2) is 38.2. The van der Waals surface area contributed by atoms with E-state index in [9.17, 15) is 29.8 Å². The first-order valence-corrected chi connectivity index (χ1v) is 30.0. The normalized spacial score (nSPS) is 10.5. The molecule has 6 N–H and O–H groups in total. The molecule has 0 saturated heterocycles. The molecule has 0 spiro atoms. The van der Waals surface area contributed by atoms with Crippen molar-refractivity contribution in [2.45, 2.75) is 33.2 Å². The van der Waals surface area contributed by atoms with Crippen LogP contribution in [0.2, 0.25) is 0 Å². The van der Waals surface area contributed by atoms with E-state index in [1.807, 2.05) is 177 Å². The van der Waals surface area contributed by atoms with Crippen molar-refractivity contribution in [1.29, 1.82) is 0 Å². The Labute approximate surface area is 555 Å². The predicted octanol–water partition coefficient (Wildman–Crippen LogP) is 14.5. The number of anilines is 1. The van der Waals surface area contributed by atoms with Gasteiger partial charge in [0.05, 0.1) is 19.6 Å². The number of fused-ring (bicyclic) bond motifs is 3. The number of nitrogens with zero attached hydrogens (tertiary/aromatic N) is 2. The van der Waals surface area contributed by atoms with Crippen molar-refractivity contribution in [3.05, 3.63) is 279 Å². The van der Waals surface area contributed by atoms with Crippen LogP contribution in [0.25, 0.3) is 50.1 Å². The Kier molecular flexibility index (Phi) is 29.1. The number of aromatic nitrogens is 2. The van der Waals surface area contributed by atoms with Gasteiger partial charge in [-0.15, -0.1) is 0 Å². The van der Waals surface area contributed by atoms with Gasteiger partial charge in [-0.2, -0.15) is 5.32 Å². The third kappa shape index (κ3) is 24.1. The van der Waals surface area contributed by atoms with Crippen LogP contribution in [0, 0.1) is 26.4 Å². The Balaban J connectivity index is 0.000000197. The molecular weight excluding hydrogens is 1280 g/mol. The maximum atomic E-state index is 12.0. The molecule has 1 atom stereocenters. The van der Waals surface area contributed by atoms with Gasteiger partial charge in [0, 0.05) is 62.2 Å². The zero-order chi connectivity index (χ0) is 68.5. The number of para-hydroxylation sites is 3. The Morgan fingerprint density at radius 2 is 1.05 bits per heavy atom. The summed E-state index contributed by atoms with van der Waals surface area (Å²) in [5, 5.41) is 51.3. The van der Waals surface area contributed by atoms with Gasteiger partial charge in [-0.05, 0) is 178 Å². The molecule has 9 aromatic carbocycles. The molecule has 95 heavy (non-hydrogen) atoms. The predicted molar refractivity (Wildman–Crippen MR) is 369 cm³/mol. The number of H-pyrrole nitrogens is 2. The fourth-order valence-corrected chi connectivity index (χ4v) is 9.11. The van der Waals surface area contributed by atoms with Crippen LogP contribution in [0.3, 0.4) is 0 Å². The number of aromatic amines is 2. The van der Waals surface area contributed by atoms with E-state index >= 15 is 0 Å². The molecule has 0 saturated carbocycles. The van der Waals surface area contributed by atoms with Crippen LogP contribution in [-0.4, -0.2) is 92.6 Å². The fourth-order valence-electron chi connectivity index (χ4n) is 8.73. The van der Waals surface area contributed by atoms with Crippen molar-refractivity contribution >= 4 is 86.8 Å². The number of aliphatic carboxylic acids is 1. The molecule has 0 bridgehead atoms. The van der Waals surface area contributed by atoms with Crippen molar-refractivity contribution in [2.24, 2.45) is 0 Å². The lowest BCUT2D eigenvalue weighted by atomic mass is 9.80. The summed E-state index contributed by atoms with van der Waals surface area (Å²) in [7, 11) is -1.44. The standard InChI is InChI=1S/C25H22N2O5.C20H15NO.C12H11BO3.C8H5BrN.C4H7NO4.C2H4O2.CH2O/c1-2-31-25(28)24(27(29)30)15-19-16-26-23-13-10-18(14-22(19)23)17-8-11-21(12-9-17)32-20-6-4-3-5-7-20;1-2-4-18(5-3-1)22-19-9-6-15(7-10-19)16-8-11-20-17(14-16)12-13-21-20;14-13(15)10-6-8-12(9-7-10)16-11-4-2-1-3-5-11;9-7-1-2-8-6(5-7)3-4-10-8;1-2-9-4(6)3-5(7)8;1-2(3)4;1-2/h3-14,16,24,26H,2,15H2,1H3;1-14,21H;1-9,14-15H;1-3,5,10H;2-3H2,1H3;1H3,(H,3,4);1H2/q;;;+1;;;. The van der Waals surface area contributed by atoms with Gasteiger partial charge in [-0.25, -0.2) is 9.59 Å². The van der Waals surface area contributed by atoms with E-state index in [2.05, 4.69) is 84.6 Å². The summed E-state index contributed by atoms with van der Waals surface area (Å²) in [6.07, 6.45) is 8.48. The first kappa shape index (κ1) is 72.3. The van der Waals surface area contributed by atoms with Crippen molar-refractivity contribution in [1.82, 2.24) is 9.97 Å². The molecule has 11 aromatic rings. The van der Waals surface area contributed by atoms with E-state index in [1.165, 1.54) is 22.1 Å². The summed E-state index contributed by atoms with van der Waals surface area (Å²) >= 11 is 3.39. The quantitative estimate of drug-likeness (QED) is 0.0162. The molecule has 21 nitrogen and oxygen atoms in total. The van der Waals surface area contributed by atoms with E-state index in [0.717, 1.165) is 73.4 Å². The van der Waals surface area contributed by atoms with Crippen molar-refractivity contribution < 1.29 is 67.9 Å². The zero-order valence-electron chi connectivity index (χ0n) is 51.7. The van der Waals surface area contributed by atoms with Gasteiger partial charge in [0.2, 0.25) is 0 Å². The van der Waals surface area contributed by atoms with E-state index < -0.39 is 47.5 Å². The average Bonchev–Trinajstić information content (AvgIpc) is 1.72. The van der Waals surface area contributed by atoms with Crippen LogP contribution in [0.5, 0.6) is 34.5 Å². The molecule has 1 unspecified atom stereocenters. The molecule has 0 aliphatic carbocycles. The first-order chi connectivity index (χ1) is 45.9. The van der Waals surface area contributed by atoms with Gasteiger partial charge < -0.3 is 53.6 Å². The number of benzene rings is 9. The molecule has 23 heteroatoms.